The molecule has 0 saturated carbocycles. The number of hydrogen-bond donors (Lipinski definition) is 3. The van der Waals surface area contributed by atoms with Gasteiger partial charge in [0, 0.05) is 12.2 Å². The average molecular weight is 278 g/mol. The molecule has 0 aliphatic rings. The minimum absolute atomic E-state index is 0.0975. The van der Waals surface area contributed by atoms with Crippen LogP contribution < -0.4 is 10.6 Å². The summed E-state index contributed by atoms with van der Waals surface area (Å²) in [4.78, 5) is 11.8. The van der Waals surface area contributed by atoms with E-state index in [-0.39, 0.29) is 12.5 Å². The number of aryl methyl sites for hydroxylation is 1. The average Bonchev–Trinajstić information content (AvgIpc) is 2.30. The molecule has 0 aromatic heterocycles. The van der Waals surface area contributed by atoms with Crippen molar-refractivity contribution in [3.63, 3.8) is 0 Å². The molecular formula is C16H26N2O2. The van der Waals surface area contributed by atoms with Gasteiger partial charge in [-0.1, -0.05) is 32.0 Å². The van der Waals surface area contributed by atoms with Crippen molar-refractivity contribution in [1.29, 1.82) is 0 Å². The first-order valence-electron chi connectivity index (χ1n) is 7.09. The molecule has 1 aromatic rings. The van der Waals surface area contributed by atoms with Crippen molar-refractivity contribution in [2.45, 2.75) is 39.7 Å². The number of nitrogens with one attached hydrogen (secondary N) is 2. The van der Waals surface area contributed by atoms with Crippen molar-refractivity contribution in [3.05, 3.63) is 29.8 Å². The first-order chi connectivity index (χ1) is 9.30. The number of carbonyl (C=O) groups excluding carboxylic acids is 1. The van der Waals surface area contributed by atoms with Gasteiger partial charge in [-0.15, -0.1) is 0 Å². The van der Waals surface area contributed by atoms with Gasteiger partial charge in [-0.3, -0.25) is 4.79 Å². The number of carbonyl (C=O) groups is 1. The molecular weight excluding hydrogens is 252 g/mol. The first-order valence-corrected chi connectivity index (χ1v) is 7.09. The standard InChI is InChI=1S/C16H26N2O2/c1-12(2)9-16(4,20)11-17-10-15(19)18-14-8-6-5-7-13(14)3/h5-8,12,17,20H,9-11H2,1-4H3,(H,18,19). The van der Waals surface area contributed by atoms with E-state index in [9.17, 15) is 9.90 Å². The molecule has 0 heterocycles. The molecule has 1 unspecified atom stereocenters. The van der Waals surface area contributed by atoms with Crippen LogP contribution >= 0.6 is 0 Å². The van der Waals surface area contributed by atoms with E-state index >= 15 is 0 Å². The van der Waals surface area contributed by atoms with Crippen LogP contribution in [0.2, 0.25) is 0 Å². The third kappa shape index (κ3) is 6.17. The van der Waals surface area contributed by atoms with Crippen LogP contribution in [0.5, 0.6) is 0 Å². The maximum Gasteiger partial charge on any atom is 0.238 e. The van der Waals surface area contributed by atoms with Gasteiger partial charge in [-0.25, -0.2) is 0 Å². The van der Waals surface area contributed by atoms with Crippen LogP contribution in [0.1, 0.15) is 32.8 Å². The van der Waals surface area contributed by atoms with E-state index in [0.29, 0.717) is 18.9 Å². The van der Waals surface area contributed by atoms with Gasteiger partial charge in [-0.2, -0.15) is 0 Å². The Balaban J connectivity index is 2.36. The quantitative estimate of drug-likeness (QED) is 0.717. The van der Waals surface area contributed by atoms with Crippen LogP contribution in [-0.2, 0) is 4.79 Å². The molecule has 0 radical (unpaired) electrons. The van der Waals surface area contributed by atoms with Crippen LogP contribution in [0.15, 0.2) is 24.3 Å². The van der Waals surface area contributed by atoms with E-state index in [4.69, 9.17) is 0 Å². The third-order valence-corrected chi connectivity index (χ3v) is 3.06. The molecule has 112 valence electrons. The largest absolute Gasteiger partial charge is 0.389 e. The lowest BCUT2D eigenvalue weighted by Crippen LogP contribution is -2.41. The molecule has 0 spiro atoms. The fourth-order valence-corrected chi connectivity index (χ4v) is 2.30. The lowest BCUT2D eigenvalue weighted by atomic mass is 9.94. The highest BCUT2D eigenvalue weighted by Crippen LogP contribution is 2.15. The molecule has 0 bridgehead atoms. The first kappa shape index (κ1) is 16.7. The van der Waals surface area contributed by atoms with Crippen molar-refractivity contribution < 1.29 is 9.90 Å². The van der Waals surface area contributed by atoms with E-state index in [1.807, 2.05) is 31.2 Å². The summed E-state index contributed by atoms with van der Waals surface area (Å²) in [7, 11) is 0. The SMILES string of the molecule is Cc1ccccc1NC(=O)CNCC(C)(O)CC(C)C. The summed E-state index contributed by atoms with van der Waals surface area (Å²) in [6.07, 6.45) is 0.708. The number of anilines is 1. The van der Waals surface area contributed by atoms with Gasteiger partial charge in [0.2, 0.25) is 5.91 Å². The molecule has 20 heavy (non-hydrogen) atoms. The van der Waals surface area contributed by atoms with Crippen LogP contribution in [0.4, 0.5) is 5.69 Å². The van der Waals surface area contributed by atoms with E-state index in [2.05, 4.69) is 24.5 Å². The molecule has 0 aliphatic heterocycles. The highest BCUT2D eigenvalue weighted by atomic mass is 16.3. The Kier molecular flexibility index (Phi) is 6.17. The molecule has 1 atom stereocenters. The maximum absolute atomic E-state index is 11.8. The predicted molar refractivity (Wildman–Crippen MR) is 82.8 cm³/mol. The molecule has 1 rings (SSSR count). The van der Waals surface area contributed by atoms with Gasteiger partial charge in [0.1, 0.15) is 0 Å². The number of aliphatic hydroxyl groups is 1. The van der Waals surface area contributed by atoms with Gasteiger partial charge in [0.25, 0.3) is 0 Å². The summed E-state index contributed by atoms with van der Waals surface area (Å²) in [6.45, 7) is 8.49. The van der Waals surface area contributed by atoms with E-state index in [0.717, 1.165) is 11.3 Å². The zero-order chi connectivity index (χ0) is 15.2. The number of para-hydroxylation sites is 1. The van der Waals surface area contributed by atoms with Crippen molar-refractivity contribution in [2.75, 3.05) is 18.4 Å². The summed E-state index contributed by atoms with van der Waals surface area (Å²) in [5, 5.41) is 16.0. The van der Waals surface area contributed by atoms with Crippen LogP contribution in [0.25, 0.3) is 0 Å². The second-order valence-electron chi connectivity index (χ2n) is 6.06. The van der Waals surface area contributed by atoms with Gasteiger partial charge >= 0.3 is 0 Å². The Morgan fingerprint density at radius 3 is 2.60 bits per heavy atom. The zero-order valence-corrected chi connectivity index (χ0v) is 12.9. The maximum atomic E-state index is 11.8. The Bertz CT molecular complexity index is 442. The van der Waals surface area contributed by atoms with Gasteiger partial charge in [0.05, 0.1) is 12.1 Å². The summed E-state index contributed by atoms with van der Waals surface area (Å²) in [5.41, 5.74) is 1.08. The molecule has 4 nitrogen and oxygen atoms in total. The summed E-state index contributed by atoms with van der Waals surface area (Å²) < 4.78 is 0. The monoisotopic (exact) mass is 278 g/mol. The van der Waals surface area contributed by atoms with Crippen molar-refractivity contribution in [3.8, 4) is 0 Å². The minimum atomic E-state index is -0.781. The lowest BCUT2D eigenvalue weighted by Gasteiger charge is -2.25. The normalized spacial score (nSPS) is 14.1. The number of amides is 1. The molecule has 0 aliphatic carbocycles. The smallest absolute Gasteiger partial charge is 0.238 e. The zero-order valence-electron chi connectivity index (χ0n) is 12.9. The van der Waals surface area contributed by atoms with E-state index < -0.39 is 5.60 Å². The van der Waals surface area contributed by atoms with Crippen LogP contribution in [-0.4, -0.2) is 29.7 Å². The van der Waals surface area contributed by atoms with Crippen molar-refractivity contribution in [2.24, 2.45) is 5.92 Å². The fraction of sp³-hybridized carbons (Fsp3) is 0.562. The Hall–Kier alpha value is -1.39. The lowest BCUT2D eigenvalue weighted by molar-refractivity contribution is -0.115. The number of hydrogen-bond acceptors (Lipinski definition) is 3. The van der Waals surface area contributed by atoms with Crippen molar-refractivity contribution in [1.82, 2.24) is 5.32 Å². The summed E-state index contributed by atoms with van der Waals surface area (Å²) in [6, 6.07) is 7.66. The molecule has 3 N–H and O–H groups in total. The molecule has 4 heteroatoms. The molecule has 1 aromatic carbocycles. The number of benzene rings is 1. The highest BCUT2D eigenvalue weighted by molar-refractivity contribution is 5.92. The molecule has 1 amide bonds. The van der Waals surface area contributed by atoms with Gasteiger partial charge in [0.15, 0.2) is 0 Å². The van der Waals surface area contributed by atoms with Crippen LogP contribution in [0.3, 0.4) is 0 Å². The molecule has 0 fully saturated rings. The second-order valence-corrected chi connectivity index (χ2v) is 6.06. The predicted octanol–water partition coefficient (Wildman–Crippen LogP) is 2.32. The van der Waals surface area contributed by atoms with Crippen molar-refractivity contribution >= 4 is 11.6 Å². The third-order valence-electron chi connectivity index (χ3n) is 3.06. The topological polar surface area (TPSA) is 61.4 Å². The summed E-state index contributed by atoms with van der Waals surface area (Å²) >= 11 is 0. The van der Waals surface area contributed by atoms with E-state index in [1.165, 1.54) is 0 Å². The molecule has 0 saturated heterocycles. The highest BCUT2D eigenvalue weighted by Gasteiger charge is 2.21. The Morgan fingerprint density at radius 1 is 1.35 bits per heavy atom. The van der Waals surface area contributed by atoms with Gasteiger partial charge in [-0.05, 0) is 37.8 Å². The Morgan fingerprint density at radius 2 is 2.00 bits per heavy atom. The Labute approximate surface area is 121 Å². The van der Waals surface area contributed by atoms with Gasteiger partial charge < -0.3 is 15.7 Å². The van der Waals surface area contributed by atoms with E-state index in [1.54, 1.807) is 6.92 Å². The minimum Gasteiger partial charge on any atom is -0.389 e. The second kappa shape index (κ2) is 7.41. The fourth-order valence-electron chi connectivity index (χ4n) is 2.30. The van der Waals surface area contributed by atoms with Crippen LogP contribution in [0, 0.1) is 12.8 Å². The summed E-state index contributed by atoms with van der Waals surface area (Å²) in [5.74, 6) is 0.326. The number of rotatable bonds is 7.